The number of unbranched alkanes of at least 4 members (excludes halogenated alkanes) is 8. The average molecular weight is 350 g/mol. The fourth-order valence-electron chi connectivity index (χ4n) is 3.89. The summed E-state index contributed by atoms with van der Waals surface area (Å²) in [5.74, 6) is 0.227. The fraction of sp³-hybridized carbons (Fsp3) is 0.458. The molecule has 1 heterocycles. The third-order valence-corrected chi connectivity index (χ3v) is 5.32. The zero-order chi connectivity index (χ0) is 18.2. The number of para-hydroxylation sites is 2. The highest BCUT2D eigenvalue weighted by molar-refractivity contribution is 6.13. The number of nitrogens with zero attached hydrogens (tertiary/aromatic N) is 1. The molecule has 3 aromatic rings. The number of benzene rings is 2. The van der Waals surface area contributed by atoms with Crippen LogP contribution in [0.1, 0.15) is 75.9 Å². The van der Waals surface area contributed by atoms with Gasteiger partial charge >= 0.3 is 0 Å². The largest absolute Gasteiger partial charge is 0.280 e. The van der Waals surface area contributed by atoms with Crippen LogP contribution in [0, 0.1) is 0 Å². The van der Waals surface area contributed by atoms with Crippen molar-refractivity contribution in [2.45, 2.75) is 71.1 Å². The predicted octanol–water partition coefficient (Wildman–Crippen LogP) is 7.36. The second kappa shape index (κ2) is 9.56. The van der Waals surface area contributed by atoms with Crippen molar-refractivity contribution in [2.24, 2.45) is 0 Å². The minimum Gasteiger partial charge on any atom is -0.280 e. The first-order chi connectivity index (χ1) is 12.8. The van der Waals surface area contributed by atoms with Crippen molar-refractivity contribution in [2.75, 3.05) is 0 Å². The number of carbonyl (C=O) groups is 1. The molecule has 3 rings (SSSR count). The van der Waals surface area contributed by atoms with E-state index in [0.717, 1.165) is 23.9 Å². The molecule has 1 aromatic heterocycles. The van der Waals surface area contributed by atoms with Crippen molar-refractivity contribution in [3.8, 4) is 0 Å². The van der Waals surface area contributed by atoms with Crippen LogP contribution in [0.3, 0.4) is 0 Å². The van der Waals surface area contributed by atoms with Gasteiger partial charge in [0.15, 0.2) is 0 Å². The summed E-state index contributed by atoms with van der Waals surface area (Å²) in [4.78, 5) is 12.9. The number of carbonyl (C=O) groups excluding carboxylic acids is 1. The SMILES string of the molecule is CCCCCCCCCCCC(=O)n1c2ccccc2c2ccccc21. The highest BCUT2D eigenvalue weighted by Gasteiger charge is 2.14. The van der Waals surface area contributed by atoms with E-state index < -0.39 is 0 Å². The third kappa shape index (κ3) is 4.35. The van der Waals surface area contributed by atoms with Gasteiger partial charge in [-0.15, -0.1) is 0 Å². The summed E-state index contributed by atoms with van der Waals surface area (Å²) in [7, 11) is 0. The summed E-state index contributed by atoms with van der Waals surface area (Å²) in [6.07, 6.45) is 12.1. The van der Waals surface area contributed by atoms with Crippen molar-refractivity contribution in [3.63, 3.8) is 0 Å². The van der Waals surface area contributed by atoms with Crippen LogP contribution in [-0.4, -0.2) is 10.5 Å². The molecule has 0 saturated carbocycles. The van der Waals surface area contributed by atoms with Gasteiger partial charge in [0.05, 0.1) is 11.0 Å². The van der Waals surface area contributed by atoms with Gasteiger partial charge in [-0.3, -0.25) is 9.36 Å². The van der Waals surface area contributed by atoms with E-state index in [-0.39, 0.29) is 5.91 Å². The molecule has 0 N–H and O–H groups in total. The zero-order valence-corrected chi connectivity index (χ0v) is 16.0. The Labute approximate surface area is 157 Å². The molecule has 0 saturated heterocycles. The third-order valence-electron chi connectivity index (χ3n) is 5.32. The minimum absolute atomic E-state index is 0.227. The maximum Gasteiger partial charge on any atom is 0.231 e. The van der Waals surface area contributed by atoms with Gasteiger partial charge in [0.1, 0.15) is 0 Å². The van der Waals surface area contributed by atoms with Crippen LogP contribution in [-0.2, 0) is 0 Å². The topological polar surface area (TPSA) is 22.0 Å². The maximum atomic E-state index is 12.9. The van der Waals surface area contributed by atoms with E-state index in [1.54, 1.807) is 0 Å². The van der Waals surface area contributed by atoms with E-state index in [1.807, 2.05) is 28.8 Å². The summed E-state index contributed by atoms with van der Waals surface area (Å²) in [5.41, 5.74) is 2.07. The molecule has 0 radical (unpaired) electrons. The maximum absolute atomic E-state index is 12.9. The Morgan fingerprint density at radius 1 is 0.692 bits per heavy atom. The van der Waals surface area contributed by atoms with Gasteiger partial charge < -0.3 is 0 Å². The molecule has 26 heavy (non-hydrogen) atoms. The van der Waals surface area contributed by atoms with Gasteiger partial charge in [-0.05, 0) is 18.6 Å². The van der Waals surface area contributed by atoms with E-state index in [4.69, 9.17) is 0 Å². The Bertz CT molecular complexity index is 792. The standard InChI is InChI=1S/C24H31NO/c1-2-3-4-5-6-7-8-9-10-19-24(26)25-22-17-13-11-15-20(22)21-16-12-14-18-23(21)25/h11-18H,2-10,19H2,1H3. The molecule has 0 fully saturated rings. The number of rotatable bonds is 10. The van der Waals surface area contributed by atoms with Gasteiger partial charge in [-0.2, -0.15) is 0 Å². The lowest BCUT2D eigenvalue weighted by Gasteiger charge is -2.06. The second-order valence-corrected chi connectivity index (χ2v) is 7.34. The lowest BCUT2D eigenvalue weighted by atomic mass is 10.1. The van der Waals surface area contributed by atoms with E-state index in [9.17, 15) is 4.79 Å². The van der Waals surface area contributed by atoms with Crippen molar-refractivity contribution in [3.05, 3.63) is 48.5 Å². The molecule has 0 atom stereocenters. The first kappa shape index (κ1) is 18.7. The summed E-state index contributed by atoms with van der Waals surface area (Å²) in [6.45, 7) is 2.26. The van der Waals surface area contributed by atoms with E-state index in [0.29, 0.717) is 6.42 Å². The molecule has 138 valence electrons. The first-order valence-electron chi connectivity index (χ1n) is 10.3. The van der Waals surface area contributed by atoms with Crippen molar-refractivity contribution in [1.29, 1.82) is 0 Å². The molecule has 0 aliphatic heterocycles. The fourth-order valence-corrected chi connectivity index (χ4v) is 3.89. The average Bonchev–Trinajstić information content (AvgIpc) is 3.01. The summed E-state index contributed by atoms with van der Waals surface area (Å²) in [5, 5.41) is 2.34. The summed E-state index contributed by atoms with van der Waals surface area (Å²) in [6, 6.07) is 16.5. The minimum atomic E-state index is 0.227. The van der Waals surface area contributed by atoms with Crippen molar-refractivity contribution in [1.82, 2.24) is 4.57 Å². The lowest BCUT2D eigenvalue weighted by molar-refractivity contribution is 0.0909. The van der Waals surface area contributed by atoms with Gasteiger partial charge in [0, 0.05) is 17.2 Å². The Balaban J connectivity index is 1.55. The number of hydrogen-bond acceptors (Lipinski definition) is 1. The van der Waals surface area contributed by atoms with Gasteiger partial charge in [0.2, 0.25) is 5.91 Å². The summed E-state index contributed by atoms with van der Waals surface area (Å²) >= 11 is 0. The van der Waals surface area contributed by atoms with Crippen LogP contribution in [0.25, 0.3) is 21.8 Å². The number of fused-ring (bicyclic) bond motifs is 3. The quantitative estimate of drug-likeness (QED) is 0.350. The molecular weight excluding hydrogens is 318 g/mol. The highest BCUT2D eigenvalue weighted by Crippen LogP contribution is 2.29. The van der Waals surface area contributed by atoms with Crippen molar-refractivity contribution < 1.29 is 4.79 Å². The molecule has 0 spiro atoms. The second-order valence-electron chi connectivity index (χ2n) is 7.34. The Kier molecular flexibility index (Phi) is 6.88. The Morgan fingerprint density at radius 2 is 1.15 bits per heavy atom. The van der Waals surface area contributed by atoms with Crippen LogP contribution in [0.15, 0.2) is 48.5 Å². The van der Waals surface area contributed by atoms with Crippen LogP contribution >= 0.6 is 0 Å². The molecule has 0 bridgehead atoms. The Morgan fingerprint density at radius 3 is 1.69 bits per heavy atom. The highest BCUT2D eigenvalue weighted by atomic mass is 16.2. The molecule has 0 amide bonds. The van der Waals surface area contributed by atoms with E-state index >= 15 is 0 Å². The molecule has 2 nitrogen and oxygen atoms in total. The van der Waals surface area contributed by atoms with Gasteiger partial charge in [-0.1, -0.05) is 94.7 Å². The lowest BCUT2D eigenvalue weighted by Crippen LogP contribution is -2.09. The molecule has 2 heteroatoms. The summed E-state index contributed by atoms with van der Waals surface area (Å²) < 4.78 is 1.93. The van der Waals surface area contributed by atoms with E-state index in [2.05, 4.69) is 31.2 Å². The van der Waals surface area contributed by atoms with E-state index in [1.165, 1.54) is 55.7 Å². The molecule has 2 aromatic carbocycles. The molecule has 0 unspecified atom stereocenters. The number of hydrogen-bond donors (Lipinski definition) is 0. The number of aromatic nitrogens is 1. The van der Waals surface area contributed by atoms with Crippen LogP contribution in [0.2, 0.25) is 0 Å². The molecule has 0 aliphatic carbocycles. The zero-order valence-electron chi connectivity index (χ0n) is 16.0. The van der Waals surface area contributed by atoms with Crippen LogP contribution in [0.4, 0.5) is 0 Å². The van der Waals surface area contributed by atoms with Crippen LogP contribution < -0.4 is 0 Å². The molecule has 0 aliphatic rings. The monoisotopic (exact) mass is 349 g/mol. The van der Waals surface area contributed by atoms with Gasteiger partial charge in [-0.25, -0.2) is 0 Å². The normalized spacial score (nSPS) is 11.4. The molecular formula is C24H31NO. The first-order valence-corrected chi connectivity index (χ1v) is 10.3. The van der Waals surface area contributed by atoms with Gasteiger partial charge in [0.25, 0.3) is 0 Å². The predicted molar refractivity (Wildman–Crippen MR) is 112 cm³/mol. The smallest absolute Gasteiger partial charge is 0.231 e. The van der Waals surface area contributed by atoms with Crippen LogP contribution in [0.5, 0.6) is 0 Å². The van der Waals surface area contributed by atoms with Crippen molar-refractivity contribution >= 4 is 27.7 Å². The Hall–Kier alpha value is -2.09.